The second-order valence-corrected chi connectivity index (χ2v) is 8.52. The number of rotatable bonds is 8. The lowest BCUT2D eigenvalue weighted by Gasteiger charge is -2.25. The van der Waals surface area contributed by atoms with Gasteiger partial charge in [-0.3, -0.25) is 9.36 Å². The number of methoxy groups -OCH3 is 1. The third-order valence-corrected chi connectivity index (χ3v) is 6.41. The van der Waals surface area contributed by atoms with Crippen molar-refractivity contribution in [3.05, 3.63) is 59.9 Å². The van der Waals surface area contributed by atoms with Crippen LogP contribution in [0.5, 0.6) is 5.75 Å². The lowest BCUT2D eigenvalue weighted by atomic mass is 10.1. The van der Waals surface area contributed by atoms with E-state index in [1.807, 2.05) is 35.8 Å². The summed E-state index contributed by atoms with van der Waals surface area (Å²) in [5.41, 5.74) is 3.60. The lowest BCUT2D eigenvalue weighted by molar-refractivity contribution is -0.118. The van der Waals surface area contributed by atoms with E-state index in [-0.39, 0.29) is 5.91 Å². The van der Waals surface area contributed by atoms with Crippen LogP contribution in [-0.2, 0) is 11.2 Å². The molecule has 31 heavy (non-hydrogen) atoms. The molecule has 1 amide bonds. The SMILES string of the molecule is COc1ccc(-n2c(C)nnc2SCC(=O)NCCN2c3ccccc3CC2C)cc1. The average molecular weight is 438 g/mol. The molecule has 7 nitrogen and oxygen atoms in total. The van der Waals surface area contributed by atoms with Gasteiger partial charge in [-0.15, -0.1) is 10.2 Å². The van der Waals surface area contributed by atoms with Crippen LogP contribution < -0.4 is 15.0 Å². The first kappa shape index (κ1) is 21.2. The number of carbonyl (C=O) groups is 1. The number of aryl methyl sites for hydroxylation is 1. The largest absolute Gasteiger partial charge is 0.497 e. The van der Waals surface area contributed by atoms with E-state index in [0.29, 0.717) is 23.5 Å². The molecule has 2 heterocycles. The fourth-order valence-corrected chi connectivity index (χ4v) is 4.76. The topological polar surface area (TPSA) is 72.3 Å². The second kappa shape index (κ2) is 9.43. The number of nitrogens with one attached hydrogen (secondary N) is 1. The molecule has 0 saturated carbocycles. The van der Waals surface area contributed by atoms with Crippen LogP contribution in [-0.4, -0.2) is 52.7 Å². The number of fused-ring (bicyclic) bond motifs is 1. The Morgan fingerprint density at radius 2 is 1.97 bits per heavy atom. The third-order valence-electron chi connectivity index (χ3n) is 5.48. The van der Waals surface area contributed by atoms with E-state index < -0.39 is 0 Å². The number of para-hydroxylation sites is 1. The number of carbonyl (C=O) groups excluding carboxylic acids is 1. The van der Waals surface area contributed by atoms with Crippen LogP contribution in [0, 0.1) is 6.92 Å². The Hall–Kier alpha value is -3.00. The summed E-state index contributed by atoms with van der Waals surface area (Å²) in [5, 5.41) is 12.2. The van der Waals surface area contributed by atoms with Gasteiger partial charge < -0.3 is 15.0 Å². The van der Waals surface area contributed by atoms with E-state index in [0.717, 1.165) is 30.2 Å². The molecule has 1 aliphatic rings. The number of anilines is 1. The first-order chi connectivity index (χ1) is 15.1. The maximum absolute atomic E-state index is 12.4. The molecule has 0 saturated heterocycles. The quantitative estimate of drug-likeness (QED) is 0.546. The molecule has 0 fully saturated rings. The summed E-state index contributed by atoms with van der Waals surface area (Å²) in [4.78, 5) is 14.8. The van der Waals surface area contributed by atoms with Gasteiger partial charge in [0.2, 0.25) is 5.91 Å². The standard InChI is InChI=1S/C23H27N5O2S/c1-16-14-18-6-4-5-7-21(18)27(16)13-12-24-22(29)15-31-23-26-25-17(2)28(23)19-8-10-20(30-3)11-9-19/h4-11,16H,12-15H2,1-3H3,(H,24,29). The van der Waals surface area contributed by atoms with Crippen LogP contribution in [0.25, 0.3) is 5.69 Å². The summed E-state index contributed by atoms with van der Waals surface area (Å²) in [6.45, 7) is 5.54. The van der Waals surface area contributed by atoms with Crippen LogP contribution in [0.15, 0.2) is 53.7 Å². The number of ether oxygens (including phenoxy) is 1. The summed E-state index contributed by atoms with van der Waals surface area (Å²) >= 11 is 1.39. The zero-order valence-corrected chi connectivity index (χ0v) is 18.9. The average Bonchev–Trinajstić information content (AvgIpc) is 3.31. The minimum absolute atomic E-state index is 0.00734. The molecule has 162 valence electrons. The normalized spacial score (nSPS) is 15.1. The Labute approximate surface area is 186 Å². The van der Waals surface area contributed by atoms with E-state index in [9.17, 15) is 4.79 Å². The van der Waals surface area contributed by atoms with Crippen molar-refractivity contribution in [1.82, 2.24) is 20.1 Å². The maximum Gasteiger partial charge on any atom is 0.230 e. The third kappa shape index (κ3) is 4.69. The summed E-state index contributed by atoms with van der Waals surface area (Å²) in [6.07, 6.45) is 1.06. The predicted octanol–water partition coefficient (Wildman–Crippen LogP) is 3.24. The number of benzene rings is 2. The van der Waals surface area contributed by atoms with Gasteiger partial charge in [0.15, 0.2) is 5.16 Å². The molecule has 4 rings (SSSR count). The monoisotopic (exact) mass is 437 g/mol. The Morgan fingerprint density at radius 1 is 1.19 bits per heavy atom. The molecule has 1 N–H and O–H groups in total. The number of aromatic nitrogens is 3. The van der Waals surface area contributed by atoms with Gasteiger partial charge in [0.25, 0.3) is 0 Å². The van der Waals surface area contributed by atoms with E-state index in [1.165, 1.54) is 23.0 Å². The number of amides is 1. The number of nitrogens with zero attached hydrogens (tertiary/aromatic N) is 4. The molecule has 8 heteroatoms. The molecule has 0 spiro atoms. The Bertz CT molecular complexity index is 1050. The van der Waals surface area contributed by atoms with E-state index in [1.54, 1.807) is 7.11 Å². The lowest BCUT2D eigenvalue weighted by Crippen LogP contribution is -2.38. The van der Waals surface area contributed by atoms with Gasteiger partial charge in [0.05, 0.1) is 12.9 Å². The first-order valence-corrected chi connectivity index (χ1v) is 11.4. The molecule has 3 aromatic rings. The van der Waals surface area contributed by atoms with Gasteiger partial charge in [-0.1, -0.05) is 30.0 Å². The van der Waals surface area contributed by atoms with Gasteiger partial charge in [-0.05, 0) is 56.2 Å². The predicted molar refractivity (Wildman–Crippen MR) is 123 cm³/mol. The van der Waals surface area contributed by atoms with Crippen LogP contribution >= 0.6 is 11.8 Å². The highest BCUT2D eigenvalue weighted by Crippen LogP contribution is 2.31. The van der Waals surface area contributed by atoms with Crippen molar-refractivity contribution in [1.29, 1.82) is 0 Å². The Morgan fingerprint density at radius 3 is 2.74 bits per heavy atom. The van der Waals surface area contributed by atoms with Crippen molar-refractivity contribution in [2.75, 3.05) is 30.9 Å². The molecule has 1 aromatic heterocycles. The van der Waals surface area contributed by atoms with Crippen LogP contribution in [0.3, 0.4) is 0 Å². The molecule has 1 unspecified atom stereocenters. The van der Waals surface area contributed by atoms with E-state index in [4.69, 9.17) is 4.74 Å². The van der Waals surface area contributed by atoms with Gasteiger partial charge in [0.1, 0.15) is 11.6 Å². The Kier molecular flexibility index (Phi) is 6.46. The fourth-order valence-electron chi connectivity index (χ4n) is 3.93. The van der Waals surface area contributed by atoms with Gasteiger partial charge in [-0.25, -0.2) is 0 Å². The molecular formula is C23H27N5O2S. The molecule has 1 aliphatic heterocycles. The van der Waals surface area contributed by atoms with Crippen molar-refractivity contribution < 1.29 is 9.53 Å². The molecular weight excluding hydrogens is 410 g/mol. The van der Waals surface area contributed by atoms with Gasteiger partial charge in [0, 0.05) is 30.5 Å². The van der Waals surface area contributed by atoms with Crippen molar-refractivity contribution in [3.63, 3.8) is 0 Å². The zero-order chi connectivity index (χ0) is 21.8. The summed E-state index contributed by atoms with van der Waals surface area (Å²) in [5.74, 6) is 1.85. The van der Waals surface area contributed by atoms with Gasteiger partial charge >= 0.3 is 0 Å². The van der Waals surface area contributed by atoms with E-state index >= 15 is 0 Å². The van der Waals surface area contributed by atoms with Crippen LogP contribution in [0.2, 0.25) is 0 Å². The first-order valence-electron chi connectivity index (χ1n) is 10.4. The maximum atomic E-state index is 12.4. The molecule has 1 atom stereocenters. The molecule has 2 aromatic carbocycles. The van der Waals surface area contributed by atoms with Crippen LogP contribution in [0.1, 0.15) is 18.3 Å². The van der Waals surface area contributed by atoms with Crippen molar-refractivity contribution in [3.8, 4) is 11.4 Å². The smallest absolute Gasteiger partial charge is 0.230 e. The Balaban J connectivity index is 1.31. The number of hydrogen-bond donors (Lipinski definition) is 1. The second-order valence-electron chi connectivity index (χ2n) is 7.58. The highest BCUT2D eigenvalue weighted by atomic mass is 32.2. The van der Waals surface area contributed by atoms with E-state index in [2.05, 4.69) is 51.6 Å². The molecule has 0 aliphatic carbocycles. The van der Waals surface area contributed by atoms with Crippen molar-refractivity contribution >= 4 is 23.4 Å². The summed E-state index contributed by atoms with van der Waals surface area (Å²) in [7, 11) is 1.64. The minimum atomic E-state index is -0.00734. The highest BCUT2D eigenvalue weighted by molar-refractivity contribution is 7.99. The van der Waals surface area contributed by atoms with Gasteiger partial charge in [-0.2, -0.15) is 0 Å². The summed E-state index contributed by atoms with van der Waals surface area (Å²) in [6, 6.07) is 16.6. The van der Waals surface area contributed by atoms with Crippen molar-refractivity contribution in [2.45, 2.75) is 31.5 Å². The number of thioether (sulfide) groups is 1. The van der Waals surface area contributed by atoms with Crippen LogP contribution in [0.4, 0.5) is 5.69 Å². The molecule has 0 radical (unpaired) electrons. The highest BCUT2D eigenvalue weighted by Gasteiger charge is 2.24. The van der Waals surface area contributed by atoms with Crippen molar-refractivity contribution in [2.24, 2.45) is 0 Å². The molecule has 0 bridgehead atoms. The fraction of sp³-hybridized carbons (Fsp3) is 0.348. The zero-order valence-electron chi connectivity index (χ0n) is 18.0. The number of hydrogen-bond acceptors (Lipinski definition) is 6. The summed E-state index contributed by atoms with van der Waals surface area (Å²) < 4.78 is 7.17. The minimum Gasteiger partial charge on any atom is -0.497 e.